The Bertz CT molecular complexity index is 572. The molecule has 0 saturated carbocycles. The molecule has 2 saturated heterocycles. The first-order chi connectivity index (χ1) is 11.7. The normalized spacial score (nSPS) is 30.6. The molecule has 1 aromatic rings. The molecule has 134 valence electrons. The number of alkyl halides is 2. The van der Waals surface area contributed by atoms with Crippen molar-refractivity contribution in [3.63, 3.8) is 0 Å². The average molecular weight is 393 g/mol. The molecule has 0 N–H and O–H groups in total. The SMILES string of the molecule is O=[P@@]1(N(CCCl)CCCl)OC[C@@H]2CCO[C@@H]2N1Cc1ccccc1. The Balaban J connectivity index is 1.90. The van der Waals surface area contributed by atoms with Crippen molar-refractivity contribution < 1.29 is 13.8 Å². The average Bonchev–Trinajstić information content (AvgIpc) is 3.07. The van der Waals surface area contributed by atoms with Crippen molar-refractivity contribution in [2.75, 3.05) is 38.1 Å². The molecule has 2 aliphatic rings. The number of hydrogen-bond donors (Lipinski definition) is 0. The van der Waals surface area contributed by atoms with Crippen LogP contribution in [-0.4, -0.2) is 53.6 Å². The van der Waals surface area contributed by atoms with Crippen LogP contribution in [0.25, 0.3) is 0 Å². The third-order valence-corrected chi connectivity index (χ3v) is 7.44. The van der Waals surface area contributed by atoms with E-state index >= 15 is 0 Å². The molecule has 0 aliphatic carbocycles. The highest BCUT2D eigenvalue weighted by atomic mass is 35.5. The molecule has 0 spiro atoms. The highest BCUT2D eigenvalue weighted by molar-refractivity contribution is 7.54. The van der Waals surface area contributed by atoms with Gasteiger partial charge in [0.25, 0.3) is 0 Å². The van der Waals surface area contributed by atoms with E-state index in [1.54, 1.807) is 4.67 Å². The summed E-state index contributed by atoms with van der Waals surface area (Å²) in [7, 11) is -3.23. The largest absolute Gasteiger partial charge is 0.362 e. The Kier molecular flexibility index (Phi) is 6.61. The second-order valence-electron chi connectivity index (χ2n) is 6.01. The van der Waals surface area contributed by atoms with E-state index in [4.69, 9.17) is 32.5 Å². The van der Waals surface area contributed by atoms with E-state index in [1.165, 1.54) is 0 Å². The molecule has 24 heavy (non-hydrogen) atoms. The lowest BCUT2D eigenvalue weighted by Gasteiger charge is -2.45. The van der Waals surface area contributed by atoms with Gasteiger partial charge in [-0.3, -0.25) is 4.57 Å². The van der Waals surface area contributed by atoms with Crippen molar-refractivity contribution >= 4 is 30.9 Å². The van der Waals surface area contributed by atoms with Gasteiger partial charge in [0, 0.05) is 43.9 Å². The molecule has 0 amide bonds. The molecule has 1 aromatic carbocycles. The van der Waals surface area contributed by atoms with Crippen LogP contribution in [0.5, 0.6) is 0 Å². The second kappa shape index (κ2) is 8.50. The molecule has 3 rings (SSSR count). The molecule has 2 heterocycles. The highest BCUT2D eigenvalue weighted by Gasteiger charge is 2.51. The molecule has 2 aliphatic heterocycles. The Morgan fingerprint density at radius 1 is 1.21 bits per heavy atom. The Morgan fingerprint density at radius 2 is 1.92 bits per heavy atom. The van der Waals surface area contributed by atoms with Crippen LogP contribution in [0.15, 0.2) is 30.3 Å². The van der Waals surface area contributed by atoms with Gasteiger partial charge in [0.05, 0.1) is 6.61 Å². The van der Waals surface area contributed by atoms with Crippen LogP contribution in [-0.2, 0) is 20.4 Å². The Morgan fingerprint density at radius 3 is 2.58 bits per heavy atom. The second-order valence-corrected chi connectivity index (χ2v) is 9.09. The first-order valence-electron chi connectivity index (χ1n) is 8.23. The Hall–Kier alpha value is -0.130. The number of fused-ring (bicyclic) bond motifs is 1. The van der Waals surface area contributed by atoms with E-state index < -0.39 is 7.67 Å². The van der Waals surface area contributed by atoms with Crippen molar-refractivity contribution in [1.29, 1.82) is 0 Å². The van der Waals surface area contributed by atoms with E-state index in [2.05, 4.69) is 0 Å². The number of nitrogens with zero attached hydrogens (tertiary/aromatic N) is 2. The number of ether oxygens (including phenoxy) is 1. The molecule has 5 nitrogen and oxygen atoms in total. The maximum atomic E-state index is 13.8. The zero-order valence-electron chi connectivity index (χ0n) is 13.5. The van der Waals surface area contributed by atoms with Gasteiger partial charge in [-0.1, -0.05) is 30.3 Å². The molecular weight excluding hydrogens is 370 g/mol. The molecule has 3 atom stereocenters. The summed E-state index contributed by atoms with van der Waals surface area (Å²) in [5.74, 6) is 1.00. The number of halogens is 2. The summed E-state index contributed by atoms with van der Waals surface area (Å²) in [6.45, 7) is 2.58. The first-order valence-corrected chi connectivity index (χ1v) is 10.8. The lowest BCUT2D eigenvalue weighted by molar-refractivity contribution is -0.0451. The quantitative estimate of drug-likeness (QED) is 0.521. The zero-order valence-corrected chi connectivity index (χ0v) is 15.9. The smallest absolute Gasteiger partial charge is 0.348 e. The summed E-state index contributed by atoms with van der Waals surface area (Å²) < 4.78 is 29.4. The molecule has 0 radical (unpaired) electrons. The van der Waals surface area contributed by atoms with Gasteiger partial charge < -0.3 is 9.26 Å². The van der Waals surface area contributed by atoms with Gasteiger partial charge in [-0.2, -0.15) is 4.67 Å². The van der Waals surface area contributed by atoms with Crippen molar-refractivity contribution in [3.8, 4) is 0 Å². The number of hydrogen-bond acceptors (Lipinski definition) is 3. The fourth-order valence-electron chi connectivity index (χ4n) is 3.28. The van der Waals surface area contributed by atoms with Crippen LogP contribution in [0.1, 0.15) is 12.0 Å². The third kappa shape index (κ3) is 3.83. The van der Waals surface area contributed by atoms with Gasteiger partial charge in [-0.25, -0.2) is 4.67 Å². The minimum absolute atomic E-state index is 0.182. The molecule has 2 fully saturated rings. The van der Waals surface area contributed by atoms with Crippen LogP contribution in [0.4, 0.5) is 0 Å². The zero-order chi connectivity index (χ0) is 17.0. The summed E-state index contributed by atoms with van der Waals surface area (Å²) in [4.78, 5) is 0. The van der Waals surface area contributed by atoms with Gasteiger partial charge in [0.15, 0.2) is 0 Å². The number of benzene rings is 1. The molecular formula is C16H23Cl2N2O3P. The molecule has 8 heteroatoms. The summed E-state index contributed by atoms with van der Waals surface area (Å²) >= 11 is 11.8. The van der Waals surface area contributed by atoms with Crippen LogP contribution >= 0.6 is 30.9 Å². The minimum atomic E-state index is -3.23. The summed E-state index contributed by atoms with van der Waals surface area (Å²) in [5.41, 5.74) is 1.08. The minimum Gasteiger partial charge on any atom is -0.362 e. The first kappa shape index (κ1) is 18.7. The maximum Gasteiger partial charge on any atom is 0.348 e. The van der Waals surface area contributed by atoms with Crippen molar-refractivity contribution in [3.05, 3.63) is 35.9 Å². The molecule has 0 bridgehead atoms. The van der Waals surface area contributed by atoms with E-state index in [0.29, 0.717) is 44.6 Å². The van der Waals surface area contributed by atoms with E-state index in [1.807, 2.05) is 35.0 Å². The predicted molar refractivity (Wildman–Crippen MR) is 96.4 cm³/mol. The lowest BCUT2D eigenvalue weighted by atomic mass is 10.1. The van der Waals surface area contributed by atoms with Gasteiger partial charge in [-0.05, 0) is 12.0 Å². The summed E-state index contributed by atoms with van der Waals surface area (Å²) in [6, 6.07) is 9.98. The van der Waals surface area contributed by atoms with Crippen LogP contribution in [0, 0.1) is 5.92 Å². The van der Waals surface area contributed by atoms with Crippen molar-refractivity contribution in [2.24, 2.45) is 5.92 Å². The van der Waals surface area contributed by atoms with E-state index in [-0.39, 0.29) is 12.1 Å². The van der Waals surface area contributed by atoms with Crippen LogP contribution < -0.4 is 0 Å². The monoisotopic (exact) mass is 392 g/mol. The predicted octanol–water partition coefficient (Wildman–Crippen LogP) is 3.77. The number of rotatable bonds is 7. The van der Waals surface area contributed by atoms with Crippen LogP contribution in [0.3, 0.4) is 0 Å². The fraction of sp³-hybridized carbons (Fsp3) is 0.625. The van der Waals surface area contributed by atoms with Crippen molar-refractivity contribution in [2.45, 2.75) is 19.2 Å². The van der Waals surface area contributed by atoms with Gasteiger partial charge in [-0.15, -0.1) is 23.2 Å². The fourth-order valence-corrected chi connectivity index (χ4v) is 6.53. The third-order valence-electron chi connectivity index (χ3n) is 4.49. The standard InChI is InChI=1S/C16H23Cl2N2O3P/c17-7-9-19(10-8-18)24(21)20(12-14-4-2-1-3-5-14)16-15(13-23-24)6-11-22-16/h1-5,15-16H,6-13H2/t15-,16-,24-/m0/s1. The van der Waals surface area contributed by atoms with Crippen LogP contribution in [0.2, 0.25) is 0 Å². The van der Waals surface area contributed by atoms with E-state index in [9.17, 15) is 4.57 Å². The Labute approximate surface area is 153 Å². The molecule has 0 aromatic heterocycles. The summed E-state index contributed by atoms with van der Waals surface area (Å²) in [5, 5.41) is 0. The van der Waals surface area contributed by atoms with Gasteiger partial charge in [0.1, 0.15) is 6.23 Å². The van der Waals surface area contributed by atoms with Gasteiger partial charge in [0.2, 0.25) is 0 Å². The van der Waals surface area contributed by atoms with Crippen molar-refractivity contribution in [1.82, 2.24) is 9.34 Å². The topological polar surface area (TPSA) is 42.0 Å². The molecule has 0 unspecified atom stereocenters. The van der Waals surface area contributed by atoms with E-state index in [0.717, 1.165) is 12.0 Å². The maximum absolute atomic E-state index is 13.8. The lowest BCUT2D eigenvalue weighted by Crippen LogP contribution is -2.47. The summed E-state index contributed by atoms with van der Waals surface area (Å²) in [6.07, 6.45) is 0.749. The highest BCUT2D eigenvalue weighted by Crippen LogP contribution is 2.60. The van der Waals surface area contributed by atoms with Gasteiger partial charge >= 0.3 is 7.67 Å².